The van der Waals surface area contributed by atoms with Crippen LogP contribution in [0.25, 0.3) is 0 Å². The van der Waals surface area contributed by atoms with Gasteiger partial charge >= 0.3 is 0 Å². The summed E-state index contributed by atoms with van der Waals surface area (Å²) < 4.78 is 0. The standard InChI is InChI=1S/C14H23NO/c1-5-15-7-6-13(16)14-11(3)8-10(2)9-12(14)4/h8-9,13,15-16H,5-7H2,1-4H3. The fraction of sp³-hybridized carbons (Fsp3) is 0.571. The van der Waals surface area contributed by atoms with Crippen LogP contribution in [0.4, 0.5) is 0 Å². The van der Waals surface area contributed by atoms with Crippen molar-refractivity contribution in [2.45, 2.75) is 40.2 Å². The number of aliphatic hydroxyl groups is 1. The second-order valence-corrected chi connectivity index (χ2v) is 4.47. The second kappa shape index (κ2) is 6.02. The van der Waals surface area contributed by atoms with E-state index < -0.39 is 0 Å². The molecule has 2 nitrogen and oxygen atoms in total. The molecule has 0 amide bonds. The normalized spacial score (nSPS) is 12.8. The highest BCUT2D eigenvalue weighted by atomic mass is 16.3. The SMILES string of the molecule is CCNCCC(O)c1c(C)cc(C)cc1C. The Morgan fingerprint density at radius 1 is 1.19 bits per heavy atom. The molecule has 1 unspecified atom stereocenters. The van der Waals surface area contributed by atoms with Gasteiger partial charge in [0.05, 0.1) is 6.10 Å². The summed E-state index contributed by atoms with van der Waals surface area (Å²) in [6.07, 6.45) is 0.429. The molecular weight excluding hydrogens is 198 g/mol. The van der Waals surface area contributed by atoms with Crippen LogP contribution in [0.5, 0.6) is 0 Å². The Labute approximate surface area is 98.7 Å². The molecule has 0 radical (unpaired) electrons. The molecule has 0 bridgehead atoms. The zero-order valence-corrected chi connectivity index (χ0v) is 10.8. The molecule has 2 heteroatoms. The van der Waals surface area contributed by atoms with Gasteiger partial charge in [0.25, 0.3) is 0 Å². The first-order chi connectivity index (χ1) is 7.56. The van der Waals surface area contributed by atoms with Crippen molar-refractivity contribution in [3.8, 4) is 0 Å². The number of hydrogen-bond donors (Lipinski definition) is 2. The van der Waals surface area contributed by atoms with E-state index in [9.17, 15) is 5.11 Å². The molecule has 90 valence electrons. The highest BCUT2D eigenvalue weighted by Crippen LogP contribution is 2.25. The maximum Gasteiger partial charge on any atom is 0.0807 e. The third-order valence-electron chi connectivity index (χ3n) is 2.92. The van der Waals surface area contributed by atoms with Crippen molar-refractivity contribution in [2.75, 3.05) is 13.1 Å². The minimum atomic E-state index is -0.348. The number of aryl methyl sites for hydroxylation is 3. The van der Waals surface area contributed by atoms with Crippen LogP contribution in [0.15, 0.2) is 12.1 Å². The molecule has 1 aromatic rings. The fourth-order valence-corrected chi connectivity index (χ4v) is 2.28. The van der Waals surface area contributed by atoms with Gasteiger partial charge in [-0.25, -0.2) is 0 Å². The van der Waals surface area contributed by atoms with Crippen LogP contribution in [-0.4, -0.2) is 18.2 Å². The summed E-state index contributed by atoms with van der Waals surface area (Å²) in [4.78, 5) is 0. The Balaban J connectivity index is 2.78. The largest absolute Gasteiger partial charge is 0.388 e. The predicted molar refractivity (Wildman–Crippen MR) is 68.8 cm³/mol. The molecule has 0 heterocycles. The van der Waals surface area contributed by atoms with E-state index >= 15 is 0 Å². The molecule has 1 aromatic carbocycles. The number of benzene rings is 1. The van der Waals surface area contributed by atoms with Crippen LogP contribution < -0.4 is 5.32 Å². The van der Waals surface area contributed by atoms with Crippen LogP contribution in [0, 0.1) is 20.8 Å². The zero-order valence-electron chi connectivity index (χ0n) is 10.8. The lowest BCUT2D eigenvalue weighted by Gasteiger charge is -2.17. The van der Waals surface area contributed by atoms with Gasteiger partial charge in [-0.1, -0.05) is 24.6 Å². The quantitative estimate of drug-likeness (QED) is 0.749. The lowest BCUT2D eigenvalue weighted by atomic mass is 9.94. The first kappa shape index (κ1) is 13.2. The van der Waals surface area contributed by atoms with Gasteiger partial charge in [0.1, 0.15) is 0 Å². The molecular formula is C14H23NO. The van der Waals surface area contributed by atoms with Gasteiger partial charge in [-0.15, -0.1) is 0 Å². The van der Waals surface area contributed by atoms with Gasteiger partial charge in [0.15, 0.2) is 0 Å². The molecule has 0 aromatic heterocycles. The molecule has 0 fully saturated rings. The molecule has 0 aliphatic heterocycles. The zero-order chi connectivity index (χ0) is 12.1. The highest BCUT2D eigenvalue weighted by molar-refractivity contribution is 5.38. The Hall–Kier alpha value is -0.860. The van der Waals surface area contributed by atoms with Crippen LogP contribution in [0.3, 0.4) is 0 Å². The molecule has 0 saturated carbocycles. The van der Waals surface area contributed by atoms with Gasteiger partial charge in [-0.05, 0) is 57.0 Å². The second-order valence-electron chi connectivity index (χ2n) is 4.47. The summed E-state index contributed by atoms with van der Waals surface area (Å²) in [7, 11) is 0. The van der Waals surface area contributed by atoms with Crippen molar-refractivity contribution in [3.05, 3.63) is 34.4 Å². The molecule has 16 heavy (non-hydrogen) atoms. The summed E-state index contributed by atoms with van der Waals surface area (Å²) in [5.74, 6) is 0. The van der Waals surface area contributed by atoms with Crippen molar-refractivity contribution >= 4 is 0 Å². The average molecular weight is 221 g/mol. The van der Waals surface area contributed by atoms with Gasteiger partial charge in [0.2, 0.25) is 0 Å². The van der Waals surface area contributed by atoms with E-state index in [4.69, 9.17) is 0 Å². The minimum absolute atomic E-state index is 0.348. The van der Waals surface area contributed by atoms with Gasteiger partial charge < -0.3 is 10.4 Å². The third kappa shape index (κ3) is 3.32. The van der Waals surface area contributed by atoms with Crippen LogP contribution in [0.2, 0.25) is 0 Å². The monoisotopic (exact) mass is 221 g/mol. The molecule has 1 atom stereocenters. The van der Waals surface area contributed by atoms with E-state index in [2.05, 4.69) is 45.1 Å². The van der Waals surface area contributed by atoms with E-state index in [1.54, 1.807) is 0 Å². The van der Waals surface area contributed by atoms with Crippen LogP contribution in [0.1, 0.15) is 41.7 Å². The van der Waals surface area contributed by atoms with E-state index in [1.165, 1.54) is 16.7 Å². The first-order valence-corrected chi connectivity index (χ1v) is 6.02. The lowest BCUT2D eigenvalue weighted by molar-refractivity contribution is 0.165. The molecule has 2 N–H and O–H groups in total. The fourth-order valence-electron chi connectivity index (χ4n) is 2.28. The predicted octanol–water partition coefficient (Wildman–Crippen LogP) is 2.64. The van der Waals surface area contributed by atoms with E-state index in [-0.39, 0.29) is 6.10 Å². The van der Waals surface area contributed by atoms with Crippen molar-refractivity contribution < 1.29 is 5.11 Å². The third-order valence-corrected chi connectivity index (χ3v) is 2.92. The molecule has 0 aliphatic rings. The lowest BCUT2D eigenvalue weighted by Crippen LogP contribution is -2.17. The van der Waals surface area contributed by atoms with Gasteiger partial charge in [0, 0.05) is 0 Å². The minimum Gasteiger partial charge on any atom is -0.388 e. The maximum absolute atomic E-state index is 10.2. The van der Waals surface area contributed by atoms with E-state index in [0.29, 0.717) is 0 Å². The smallest absolute Gasteiger partial charge is 0.0807 e. The average Bonchev–Trinajstić information content (AvgIpc) is 2.16. The first-order valence-electron chi connectivity index (χ1n) is 6.02. The highest BCUT2D eigenvalue weighted by Gasteiger charge is 2.13. The summed E-state index contributed by atoms with van der Waals surface area (Å²) in [6, 6.07) is 4.28. The Morgan fingerprint density at radius 3 is 2.25 bits per heavy atom. The number of hydrogen-bond acceptors (Lipinski definition) is 2. The molecule has 0 spiro atoms. The number of rotatable bonds is 5. The Bertz CT molecular complexity index is 324. The summed E-state index contributed by atoms with van der Waals surface area (Å²) >= 11 is 0. The summed E-state index contributed by atoms with van der Waals surface area (Å²) in [5.41, 5.74) is 4.75. The van der Waals surface area contributed by atoms with Crippen LogP contribution >= 0.6 is 0 Å². The number of aliphatic hydroxyl groups excluding tert-OH is 1. The van der Waals surface area contributed by atoms with Crippen molar-refractivity contribution in [1.29, 1.82) is 0 Å². The summed E-state index contributed by atoms with van der Waals surface area (Å²) in [5, 5.41) is 13.4. The maximum atomic E-state index is 10.2. The molecule has 0 aliphatic carbocycles. The summed E-state index contributed by atoms with van der Waals surface area (Å²) in [6.45, 7) is 10.1. The topological polar surface area (TPSA) is 32.3 Å². The van der Waals surface area contributed by atoms with Crippen LogP contribution in [-0.2, 0) is 0 Å². The van der Waals surface area contributed by atoms with E-state index in [1.807, 2.05) is 0 Å². The number of nitrogens with one attached hydrogen (secondary N) is 1. The molecule has 1 rings (SSSR count). The van der Waals surface area contributed by atoms with E-state index in [0.717, 1.165) is 25.1 Å². The van der Waals surface area contributed by atoms with Gasteiger partial charge in [-0.2, -0.15) is 0 Å². The Kier molecular flexibility index (Phi) is 4.97. The van der Waals surface area contributed by atoms with Crippen molar-refractivity contribution in [2.24, 2.45) is 0 Å². The van der Waals surface area contributed by atoms with Gasteiger partial charge in [-0.3, -0.25) is 0 Å². The molecule has 0 saturated heterocycles. The Morgan fingerprint density at radius 2 is 1.75 bits per heavy atom. The van der Waals surface area contributed by atoms with Crippen molar-refractivity contribution in [1.82, 2.24) is 5.32 Å². The van der Waals surface area contributed by atoms with Crippen molar-refractivity contribution in [3.63, 3.8) is 0 Å².